The summed E-state index contributed by atoms with van der Waals surface area (Å²) in [5, 5.41) is 0. The summed E-state index contributed by atoms with van der Waals surface area (Å²) < 4.78 is 6.52. The van der Waals surface area contributed by atoms with Crippen molar-refractivity contribution >= 4 is 21.7 Å². The van der Waals surface area contributed by atoms with Gasteiger partial charge in [0.05, 0.1) is 0 Å². The normalized spacial score (nSPS) is 10.2. The number of rotatable bonds is 4. The molecule has 0 aliphatic rings. The molecule has 0 saturated heterocycles. The Bertz CT molecular complexity index is 780. The maximum atomic E-state index is 12.5. The molecule has 22 heavy (non-hydrogen) atoms. The summed E-state index contributed by atoms with van der Waals surface area (Å²) in [6, 6.07) is 24.1. The Hall–Kier alpha value is -2.39. The third kappa shape index (κ3) is 3.26. The summed E-state index contributed by atoms with van der Waals surface area (Å²) in [4.78, 5) is 12.5. The second-order valence-electron chi connectivity index (χ2n) is 4.75. The van der Waals surface area contributed by atoms with E-state index in [1.807, 2.05) is 48.5 Å². The van der Waals surface area contributed by atoms with Crippen LogP contribution in [0.15, 0.2) is 83.3 Å². The SMILES string of the molecule is O=C(c1ccc(Oc2ccccc2)cc1)c1ccccc1Br. The lowest BCUT2D eigenvalue weighted by molar-refractivity contribution is 0.103. The number of hydrogen-bond donors (Lipinski definition) is 0. The number of halogens is 1. The zero-order valence-electron chi connectivity index (χ0n) is 11.7. The van der Waals surface area contributed by atoms with Crippen molar-refractivity contribution in [2.45, 2.75) is 0 Å². The van der Waals surface area contributed by atoms with Gasteiger partial charge in [-0.1, -0.05) is 46.3 Å². The maximum absolute atomic E-state index is 12.5. The summed E-state index contributed by atoms with van der Waals surface area (Å²) in [7, 11) is 0. The van der Waals surface area contributed by atoms with Gasteiger partial charge in [-0.05, 0) is 48.5 Å². The predicted octanol–water partition coefficient (Wildman–Crippen LogP) is 5.47. The third-order valence-electron chi connectivity index (χ3n) is 3.21. The van der Waals surface area contributed by atoms with Crippen LogP contribution >= 0.6 is 15.9 Å². The van der Waals surface area contributed by atoms with Crippen LogP contribution in [0, 0.1) is 0 Å². The van der Waals surface area contributed by atoms with Crippen LogP contribution in [0.3, 0.4) is 0 Å². The van der Waals surface area contributed by atoms with E-state index in [9.17, 15) is 4.79 Å². The fraction of sp³-hybridized carbons (Fsp3) is 0. The van der Waals surface area contributed by atoms with Crippen LogP contribution in [-0.4, -0.2) is 5.78 Å². The second-order valence-corrected chi connectivity index (χ2v) is 5.60. The molecular weight excluding hydrogens is 340 g/mol. The highest BCUT2D eigenvalue weighted by Gasteiger charge is 2.12. The van der Waals surface area contributed by atoms with Crippen molar-refractivity contribution in [3.63, 3.8) is 0 Å². The van der Waals surface area contributed by atoms with Crippen molar-refractivity contribution in [3.8, 4) is 11.5 Å². The fourth-order valence-electron chi connectivity index (χ4n) is 2.10. The molecule has 0 amide bonds. The predicted molar refractivity (Wildman–Crippen MR) is 90.5 cm³/mol. The van der Waals surface area contributed by atoms with Crippen LogP contribution in [0.1, 0.15) is 15.9 Å². The summed E-state index contributed by atoms with van der Waals surface area (Å²) in [5.74, 6) is 1.46. The third-order valence-corrected chi connectivity index (χ3v) is 3.91. The second kappa shape index (κ2) is 6.58. The van der Waals surface area contributed by atoms with Gasteiger partial charge in [0, 0.05) is 15.6 Å². The summed E-state index contributed by atoms with van der Waals surface area (Å²) in [6.45, 7) is 0. The standard InChI is InChI=1S/C19H13BrO2/c20-18-9-5-4-8-17(18)19(21)14-10-12-16(13-11-14)22-15-6-2-1-3-7-15/h1-13H. The monoisotopic (exact) mass is 352 g/mol. The summed E-state index contributed by atoms with van der Waals surface area (Å²) in [6.07, 6.45) is 0. The van der Waals surface area contributed by atoms with Gasteiger partial charge < -0.3 is 4.74 Å². The lowest BCUT2D eigenvalue weighted by Gasteiger charge is -2.07. The number of carbonyl (C=O) groups excluding carboxylic acids is 1. The molecule has 0 aliphatic carbocycles. The minimum Gasteiger partial charge on any atom is -0.457 e. The Morgan fingerprint density at radius 2 is 1.32 bits per heavy atom. The zero-order chi connectivity index (χ0) is 15.4. The molecule has 0 N–H and O–H groups in total. The van der Waals surface area contributed by atoms with E-state index in [4.69, 9.17) is 4.74 Å². The van der Waals surface area contributed by atoms with Gasteiger partial charge in [-0.2, -0.15) is 0 Å². The fourth-order valence-corrected chi connectivity index (χ4v) is 2.56. The lowest BCUT2D eigenvalue weighted by atomic mass is 10.0. The van der Waals surface area contributed by atoms with Gasteiger partial charge in [0.15, 0.2) is 5.78 Å². The molecule has 0 heterocycles. The average molecular weight is 353 g/mol. The highest BCUT2D eigenvalue weighted by molar-refractivity contribution is 9.10. The van der Waals surface area contributed by atoms with Crippen LogP contribution in [0.4, 0.5) is 0 Å². The summed E-state index contributed by atoms with van der Waals surface area (Å²) >= 11 is 3.41. The number of carbonyl (C=O) groups is 1. The first-order valence-electron chi connectivity index (χ1n) is 6.86. The molecule has 0 unspecified atom stereocenters. The van der Waals surface area contributed by atoms with E-state index in [-0.39, 0.29) is 5.78 Å². The number of ether oxygens (including phenoxy) is 1. The number of hydrogen-bond acceptors (Lipinski definition) is 2. The van der Waals surface area contributed by atoms with E-state index < -0.39 is 0 Å². The number of para-hydroxylation sites is 1. The minimum absolute atomic E-state index is 0.0151. The van der Waals surface area contributed by atoms with E-state index >= 15 is 0 Å². The first-order valence-corrected chi connectivity index (χ1v) is 7.65. The maximum Gasteiger partial charge on any atom is 0.194 e. The van der Waals surface area contributed by atoms with E-state index in [1.165, 1.54) is 0 Å². The van der Waals surface area contributed by atoms with E-state index in [2.05, 4.69) is 15.9 Å². The molecule has 0 aliphatic heterocycles. The first kappa shape index (κ1) is 14.5. The molecule has 0 radical (unpaired) electrons. The molecule has 0 fully saturated rings. The number of ketones is 1. The smallest absolute Gasteiger partial charge is 0.194 e. The van der Waals surface area contributed by atoms with Crippen molar-refractivity contribution in [1.82, 2.24) is 0 Å². The van der Waals surface area contributed by atoms with Crippen molar-refractivity contribution in [2.24, 2.45) is 0 Å². The van der Waals surface area contributed by atoms with Gasteiger partial charge in [-0.3, -0.25) is 4.79 Å². The Kier molecular flexibility index (Phi) is 4.35. The van der Waals surface area contributed by atoms with E-state index in [0.29, 0.717) is 16.9 Å². The van der Waals surface area contributed by atoms with Crippen molar-refractivity contribution in [1.29, 1.82) is 0 Å². The topological polar surface area (TPSA) is 26.3 Å². The van der Waals surface area contributed by atoms with Crippen LogP contribution in [0.25, 0.3) is 0 Å². The molecule has 0 atom stereocenters. The Morgan fingerprint density at radius 3 is 2.00 bits per heavy atom. The molecule has 0 aromatic heterocycles. The van der Waals surface area contributed by atoms with E-state index in [1.54, 1.807) is 30.3 Å². The lowest BCUT2D eigenvalue weighted by Crippen LogP contribution is -2.01. The molecule has 2 nitrogen and oxygen atoms in total. The van der Waals surface area contributed by atoms with Gasteiger partial charge in [0.2, 0.25) is 0 Å². The zero-order valence-corrected chi connectivity index (χ0v) is 13.3. The molecule has 3 aromatic rings. The van der Waals surface area contributed by atoms with Crippen LogP contribution in [-0.2, 0) is 0 Å². The summed E-state index contributed by atoms with van der Waals surface area (Å²) in [5.41, 5.74) is 1.28. The quantitative estimate of drug-likeness (QED) is 0.581. The minimum atomic E-state index is -0.0151. The Morgan fingerprint density at radius 1 is 0.727 bits per heavy atom. The van der Waals surface area contributed by atoms with Crippen LogP contribution in [0.5, 0.6) is 11.5 Å². The Labute approximate surface area is 137 Å². The molecule has 3 heteroatoms. The first-order chi connectivity index (χ1) is 10.7. The largest absolute Gasteiger partial charge is 0.457 e. The molecular formula is C19H13BrO2. The van der Waals surface area contributed by atoms with Crippen LogP contribution in [0.2, 0.25) is 0 Å². The molecule has 3 aromatic carbocycles. The number of benzene rings is 3. The van der Waals surface area contributed by atoms with Crippen LogP contribution < -0.4 is 4.74 Å². The van der Waals surface area contributed by atoms with Crippen molar-refractivity contribution < 1.29 is 9.53 Å². The van der Waals surface area contributed by atoms with Gasteiger partial charge >= 0.3 is 0 Å². The van der Waals surface area contributed by atoms with Gasteiger partial charge in [0.25, 0.3) is 0 Å². The molecule has 0 saturated carbocycles. The van der Waals surface area contributed by atoms with Gasteiger partial charge in [0.1, 0.15) is 11.5 Å². The molecule has 108 valence electrons. The van der Waals surface area contributed by atoms with Gasteiger partial charge in [-0.25, -0.2) is 0 Å². The molecule has 0 bridgehead atoms. The van der Waals surface area contributed by atoms with Gasteiger partial charge in [-0.15, -0.1) is 0 Å². The average Bonchev–Trinajstić information content (AvgIpc) is 2.56. The molecule has 3 rings (SSSR count). The molecule has 0 spiro atoms. The highest BCUT2D eigenvalue weighted by Crippen LogP contribution is 2.24. The Balaban J connectivity index is 1.80. The van der Waals surface area contributed by atoms with Crippen molar-refractivity contribution in [3.05, 3.63) is 94.5 Å². The van der Waals surface area contributed by atoms with Crippen molar-refractivity contribution in [2.75, 3.05) is 0 Å². The van der Waals surface area contributed by atoms with E-state index in [0.717, 1.165) is 10.2 Å². The highest BCUT2D eigenvalue weighted by atomic mass is 79.9.